The molecule has 0 saturated carbocycles. The zero-order chi connectivity index (χ0) is 15.1. The van der Waals surface area contributed by atoms with Crippen LogP contribution in [0.2, 0.25) is 0 Å². The van der Waals surface area contributed by atoms with E-state index < -0.39 is 0 Å². The SMILES string of the molecule is CCCNC(C)c1cc(C)ccc1OCc1ccccc1. The van der Waals surface area contributed by atoms with E-state index in [-0.39, 0.29) is 0 Å². The number of ether oxygens (including phenoxy) is 1. The maximum atomic E-state index is 6.04. The van der Waals surface area contributed by atoms with Gasteiger partial charge in [-0.3, -0.25) is 0 Å². The van der Waals surface area contributed by atoms with E-state index in [1.54, 1.807) is 0 Å². The van der Waals surface area contributed by atoms with Crippen molar-refractivity contribution in [3.8, 4) is 5.75 Å². The Bertz CT molecular complexity index is 551. The van der Waals surface area contributed by atoms with Crippen LogP contribution in [0.4, 0.5) is 0 Å². The summed E-state index contributed by atoms with van der Waals surface area (Å²) in [5.41, 5.74) is 3.69. The highest BCUT2D eigenvalue weighted by Crippen LogP contribution is 2.27. The third-order valence-electron chi connectivity index (χ3n) is 3.57. The Morgan fingerprint density at radius 2 is 1.86 bits per heavy atom. The van der Waals surface area contributed by atoms with Gasteiger partial charge in [0.15, 0.2) is 0 Å². The van der Waals surface area contributed by atoms with Crippen molar-refractivity contribution in [3.05, 3.63) is 65.2 Å². The van der Waals surface area contributed by atoms with Crippen molar-refractivity contribution in [2.75, 3.05) is 6.54 Å². The van der Waals surface area contributed by atoms with Gasteiger partial charge in [0.05, 0.1) is 0 Å². The van der Waals surface area contributed by atoms with E-state index in [9.17, 15) is 0 Å². The lowest BCUT2D eigenvalue weighted by Gasteiger charge is -2.19. The fourth-order valence-corrected chi connectivity index (χ4v) is 2.34. The highest BCUT2D eigenvalue weighted by atomic mass is 16.5. The van der Waals surface area contributed by atoms with Crippen LogP contribution in [0.1, 0.15) is 43.0 Å². The maximum absolute atomic E-state index is 6.04. The average molecular weight is 283 g/mol. The van der Waals surface area contributed by atoms with E-state index in [2.05, 4.69) is 56.4 Å². The van der Waals surface area contributed by atoms with Gasteiger partial charge in [-0.05, 0) is 38.4 Å². The molecule has 0 spiro atoms. The third-order valence-corrected chi connectivity index (χ3v) is 3.57. The van der Waals surface area contributed by atoms with Gasteiger partial charge in [0.1, 0.15) is 12.4 Å². The summed E-state index contributed by atoms with van der Waals surface area (Å²) in [6, 6.07) is 17.0. The van der Waals surface area contributed by atoms with Gasteiger partial charge >= 0.3 is 0 Å². The molecule has 2 rings (SSSR count). The van der Waals surface area contributed by atoms with Crippen LogP contribution in [0, 0.1) is 6.92 Å². The molecule has 0 aromatic heterocycles. The zero-order valence-electron chi connectivity index (χ0n) is 13.2. The van der Waals surface area contributed by atoms with Crippen LogP contribution in [0.3, 0.4) is 0 Å². The quantitative estimate of drug-likeness (QED) is 0.799. The van der Waals surface area contributed by atoms with Crippen molar-refractivity contribution in [3.63, 3.8) is 0 Å². The average Bonchev–Trinajstić information content (AvgIpc) is 2.52. The van der Waals surface area contributed by atoms with Crippen molar-refractivity contribution in [1.82, 2.24) is 5.32 Å². The Labute approximate surface area is 128 Å². The second-order valence-corrected chi connectivity index (χ2v) is 5.49. The molecule has 0 aliphatic carbocycles. The third kappa shape index (κ3) is 4.61. The van der Waals surface area contributed by atoms with Crippen molar-refractivity contribution >= 4 is 0 Å². The summed E-state index contributed by atoms with van der Waals surface area (Å²) in [4.78, 5) is 0. The molecular formula is C19H25NO. The molecule has 0 radical (unpaired) electrons. The largest absolute Gasteiger partial charge is 0.489 e. The Morgan fingerprint density at radius 3 is 2.57 bits per heavy atom. The highest BCUT2D eigenvalue weighted by molar-refractivity contribution is 5.39. The molecule has 2 heteroatoms. The van der Waals surface area contributed by atoms with Gasteiger partial charge < -0.3 is 10.1 Å². The number of aryl methyl sites for hydroxylation is 1. The summed E-state index contributed by atoms with van der Waals surface area (Å²) in [6.07, 6.45) is 1.14. The molecule has 0 amide bonds. The molecule has 21 heavy (non-hydrogen) atoms. The Kier molecular flexibility index (Phi) is 5.82. The summed E-state index contributed by atoms with van der Waals surface area (Å²) < 4.78 is 6.04. The number of hydrogen-bond acceptors (Lipinski definition) is 2. The highest BCUT2D eigenvalue weighted by Gasteiger charge is 2.11. The van der Waals surface area contributed by atoms with Crippen LogP contribution in [-0.4, -0.2) is 6.54 Å². The Hall–Kier alpha value is -1.80. The maximum Gasteiger partial charge on any atom is 0.124 e. The van der Waals surface area contributed by atoms with E-state index in [0.29, 0.717) is 12.6 Å². The first-order valence-electron chi connectivity index (χ1n) is 7.71. The van der Waals surface area contributed by atoms with Gasteiger partial charge in [0, 0.05) is 11.6 Å². The molecule has 0 aliphatic heterocycles. The lowest BCUT2D eigenvalue weighted by Crippen LogP contribution is -2.20. The minimum Gasteiger partial charge on any atom is -0.489 e. The van der Waals surface area contributed by atoms with Crippen LogP contribution in [0.5, 0.6) is 5.75 Å². The first kappa shape index (κ1) is 15.6. The summed E-state index contributed by atoms with van der Waals surface area (Å²) >= 11 is 0. The van der Waals surface area contributed by atoms with E-state index >= 15 is 0 Å². The van der Waals surface area contributed by atoms with Crippen LogP contribution in [0.15, 0.2) is 48.5 Å². The lowest BCUT2D eigenvalue weighted by molar-refractivity contribution is 0.299. The van der Waals surface area contributed by atoms with Crippen molar-refractivity contribution < 1.29 is 4.74 Å². The molecule has 1 N–H and O–H groups in total. The molecule has 0 heterocycles. The molecule has 112 valence electrons. The number of benzene rings is 2. The molecule has 2 nitrogen and oxygen atoms in total. The number of hydrogen-bond donors (Lipinski definition) is 1. The predicted octanol–water partition coefficient (Wildman–Crippen LogP) is 4.63. The Balaban J connectivity index is 2.11. The monoisotopic (exact) mass is 283 g/mol. The molecular weight excluding hydrogens is 258 g/mol. The first-order valence-corrected chi connectivity index (χ1v) is 7.71. The van der Waals surface area contributed by atoms with E-state index in [0.717, 1.165) is 18.7 Å². The van der Waals surface area contributed by atoms with Gasteiger partial charge in [-0.1, -0.05) is 55.0 Å². The normalized spacial score (nSPS) is 12.1. The summed E-state index contributed by atoms with van der Waals surface area (Å²) in [5, 5.41) is 3.53. The lowest BCUT2D eigenvalue weighted by atomic mass is 10.0. The van der Waals surface area contributed by atoms with Crippen LogP contribution >= 0.6 is 0 Å². The van der Waals surface area contributed by atoms with Gasteiger partial charge in [-0.2, -0.15) is 0 Å². The van der Waals surface area contributed by atoms with Gasteiger partial charge in [-0.15, -0.1) is 0 Å². The minimum absolute atomic E-state index is 0.302. The minimum atomic E-state index is 0.302. The van der Waals surface area contributed by atoms with Crippen molar-refractivity contribution in [1.29, 1.82) is 0 Å². The van der Waals surface area contributed by atoms with E-state index in [4.69, 9.17) is 4.74 Å². The molecule has 1 unspecified atom stereocenters. The molecule has 0 bridgehead atoms. The second-order valence-electron chi connectivity index (χ2n) is 5.49. The van der Waals surface area contributed by atoms with Crippen LogP contribution in [-0.2, 0) is 6.61 Å². The second kappa shape index (κ2) is 7.84. The van der Waals surface area contributed by atoms with Crippen molar-refractivity contribution in [2.24, 2.45) is 0 Å². The fourth-order valence-electron chi connectivity index (χ4n) is 2.34. The smallest absolute Gasteiger partial charge is 0.124 e. The van der Waals surface area contributed by atoms with E-state index in [1.165, 1.54) is 16.7 Å². The molecule has 0 saturated heterocycles. The van der Waals surface area contributed by atoms with Gasteiger partial charge in [0.2, 0.25) is 0 Å². The molecule has 2 aromatic carbocycles. The first-order chi connectivity index (χ1) is 10.2. The van der Waals surface area contributed by atoms with Crippen LogP contribution in [0.25, 0.3) is 0 Å². The standard InChI is InChI=1S/C19H25NO/c1-4-12-20-16(3)18-13-15(2)10-11-19(18)21-14-17-8-6-5-7-9-17/h5-11,13,16,20H,4,12,14H2,1-3H3. The fraction of sp³-hybridized carbons (Fsp3) is 0.368. The molecule has 1 atom stereocenters. The van der Waals surface area contributed by atoms with Gasteiger partial charge in [-0.25, -0.2) is 0 Å². The Morgan fingerprint density at radius 1 is 1.10 bits per heavy atom. The molecule has 2 aromatic rings. The topological polar surface area (TPSA) is 21.3 Å². The van der Waals surface area contributed by atoms with Crippen molar-refractivity contribution in [2.45, 2.75) is 39.8 Å². The summed E-state index contributed by atoms with van der Waals surface area (Å²) in [7, 11) is 0. The van der Waals surface area contributed by atoms with E-state index in [1.807, 2.05) is 18.2 Å². The molecule has 0 aliphatic rings. The van der Waals surface area contributed by atoms with Gasteiger partial charge in [0.25, 0.3) is 0 Å². The number of nitrogens with one attached hydrogen (secondary N) is 1. The molecule has 0 fully saturated rings. The summed E-state index contributed by atoms with van der Waals surface area (Å²) in [6.45, 7) is 8.13. The van der Waals surface area contributed by atoms with Crippen LogP contribution < -0.4 is 10.1 Å². The number of rotatable bonds is 7. The summed E-state index contributed by atoms with van der Waals surface area (Å²) in [5.74, 6) is 0.973. The zero-order valence-corrected chi connectivity index (χ0v) is 13.2. The predicted molar refractivity (Wildman–Crippen MR) is 88.7 cm³/mol.